The molecular weight excluding hydrogens is 158 g/mol. The van der Waals surface area contributed by atoms with Gasteiger partial charge in [0.25, 0.3) is 0 Å². The summed E-state index contributed by atoms with van der Waals surface area (Å²) < 4.78 is 4.77. The van der Waals surface area contributed by atoms with E-state index in [2.05, 4.69) is 12.1 Å². The molecule has 0 aliphatic carbocycles. The van der Waals surface area contributed by atoms with E-state index in [-0.39, 0.29) is 5.97 Å². The Hall–Kier alpha value is -0.870. The minimum Gasteiger partial charge on any atom is -0.461 e. The van der Waals surface area contributed by atoms with Gasteiger partial charge >= 0.3 is 5.97 Å². The fourth-order valence-corrected chi connectivity index (χ4v) is 0.483. The number of rotatable bonds is 6. The average molecular weight is 173 g/mol. The summed E-state index contributed by atoms with van der Waals surface area (Å²) in [6.07, 6.45) is 0. The second-order valence-corrected chi connectivity index (χ2v) is 2.24. The lowest BCUT2D eigenvalue weighted by Gasteiger charge is -2.04. The number of carbonyl (C=O) groups excluding carboxylic acids is 1. The van der Waals surface area contributed by atoms with Crippen LogP contribution in [0.25, 0.3) is 0 Å². The quantitative estimate of drug-likeness (QED) is 0.277. The molecule has 0 fully saturated rings. The summed E-state index contributed by atoms with van der Waals surface area (Å²) in [5.74, 6) is -0.367. The zero-order valence-electron chi connectivity index (χ0n) is 7.55. The van der Waals surface area contributed by atoms with Gasteiger partial charge in [0.05, 0.1) is 13.2 Å². The Kier molecular flexibility index (Phi) is 6.32. The summed E-state index contributed by atoms with van der Waals surface area (Å²) in [5.41, 5.74) is 3.03. The van der Waals surface area contributed by atoms with E-state index in [1.54, 1.807) is 6.92 Å². The molecule has 0 aromatic rings. The van der Waals surface area contributed by atoms with Crippen LogP contribution in [0.3, 0.4) is 0 Å². The Labute approximate surface area is 72.5 Å². The Morgan fingerprint density at radius 1 is 1.58 bits per heavy atom. The van der Waals surface area contributed by atoms with Crippen molar-refractivity contribution in [2.75, 3.05) is 19.8 Å². The van der Waals surface area contributed by atoms with Gasteiger partial charge in [-0.2, -0.15) is 5.48 Å². The van der Waals surface area contributed by atoms with Crippen molar-refractivity contribution < 1.29 is 14.4 Å². The Bertz CT molecular complexity index is 156. The topological polar surface area (TPSA) is 47.6 Å². The molecule has 0 aromatic carbocycles. The molecule has 0 heterocycles. The van der Waals surface area contributed by atoms with Crippen LogP contribution in [-0.4, -0.2) is 25.7 Å². The summed E-state index contributed by atoms with van der Waals surface area (Å²) in [7, 11) is 0. The second-order valence-electron chi connectivity index (χ2n) is 2.24. The predicted octanol–water partition coefficient (Wildman–Crippen LogP) is 0.647. The van der Waals surface area contributed by atoms with Crippen LogP contribution >= 0.6 is 0 Å². The maximum Gasteiger partial charge on any atom is 0.333 e. The fourth-order valence-electron chi connectivity index (χ4n) is 0.483. The van der Waals surface area contributed by atoms with Crippen LogP contribution in [0.5, 0.6) is 0 Å². The van der Waals surface area contributed by atoms with Crippen molar-refractivity contribution in [3.8, 4) is 0 Å². The van der Waals surface area contributed by atoms with Gasteiger partial charge in [0.1, 0.15) is 6.61 Å². The Balaban J connectivity index is 3.20. The molecule has 0 atom stereocenters. The van der Waals surface area contributed by atoms with E-state index in [9.17, 15) is 4.79 Å². The summed E-state index contributed by atoms with van der Waals surface area (Å²) in [6, 6.07) is 0. The van der Waals surface area contributed by atoms with Crippen molar-refractivity contribution >= 4 is 5.97 Å². The van der Waals surface area contributed by atoms with Crippen LogP contribution in [0, 0.1) is 0 Å². The van der Waals surface area contributed by atoms with Crippen molar-refractivity contribution in [3.63, 3.8) is 0 Å². The van der Waals surface area contributed by atoms with Gasteiger partial charge in [-0.1, -0.05) is 6.58 Å². The third kappa shape index (κ3) is 5.88. The number of nitrogens with one attached hydrogen (secondary N) is 1. The summed E-state index contributed by atoms with van der Waals surface area (Å²) >= 11 is 0. The maximum absolute atomic E-state index is 10.8. The van der Waals surface area contributed by atoms with Crippen LogP contribution in [0.4, 0.5) is 0 Å². The molecule has 0 spiro atoms. The van der Waals surface area contributed by atoms with Gasteiger partial charge in [0.15, 0.2) is 0 Å². The second kappa shape index (κ2) is 6.82. The highest BCUT2D eigenvalue weighted by molar-refractivity contribution is 5.86. The van der Waals surface area contributed by atoms with Crippen LogP contribution in [-0.2, 0) is 14.4 Å². The molecule has 0 aliphatic rings. The first-order valence-electron chi connectivity index (χ1n) is 3.85. The van der Waals surface area contributed by atoms with Gasteiger partial charge in [-0.25, -0.2) is 4.79 Å². The van der Waals surface area contributed by atoms with Gasteiger partial charge in [-0.15, -0.1) is 0 Å². The van der Waals surface area contributed by atoms with E-state index >= 15 is 0 Å². The molecule has 4 heteroatoms. The first-order chi connectivity index (χ1) is 5.68. The van der Waals surface area contributed by atoms with Crippen molar-refractivity contribution in [2.24, 2.45) is 0 Å². The normalized spacial score (nSPS) is 9.50. The largest absolute Gasteiger partial charge is 0.461 e. The van der Waals surface area contributed by atoms with Crippen LogP contribution in [0.1, 0.15) is 13.8 Å². The van der Waals surface area contributed by atoms with E-state index in [1.165, 1.54) is 0 Å². The summed E-state index contributed by atoms with van der Waals surface area (Å²) in [4.78, 5) is 15.6. The lowest BCUT2D eigenvalue weighted by atomic mass is 10.4. The van der Waals surface area contributed by atoms with E-state index in [4.69, 9.17) is 9.57 Å². The molecular formula is C8H15NO3. The molecule has 0 bridgehead atoms. The smallest absolute Gasteiger partial charge is 0.333 e. The molecule has 0 aliphatic heterocycles. The number of hydrogen-bond donors (Lipinski definition) is 1. The van der Waals surface area contributed by atoms with Crippen LogP contribution in [0.15, 0.2) is 12.2 Å². The molecule has 0 radical (unpaired) electrons. The molecule has 12 heavy (non-hydrogen) atoms. The van der Waals surface area contributed by atoms with Crippen LogP contribution < -0.4 is 5.48 Å². The molecule has 70 valence electrons. The van der Waals surface area contributed by atoms with Gasteiger partial charge in [0, 0.05) is 5.57 Å². The van der Waals surface area contributed by atoms with Gasteiger partial charge in [-0.3, -0.25) is 0 Å². The zero-order valence-corrected chi connectivity index (χ0v) is 7.55. The Morgan fingerprint density at radius 2 is 2.25 bits per heavy atom. The van der Waals surface area contributed by atoms with Crippen molar-refractivity contribution in [3.05, 3.63) is 12.2 Å². The van der Waals surface area contributed by atoms with Crippen molar-refractivity contribution in [2.45, 2.75) is 13.8 Å². The third-order valence-corrected chi connectivity index (χ3v) is 1.03. The molecule has 0 rings (SSSR count). The molecule has 0 amide bonds. The molecule has 1 N–H and O–H groups in total. The molecule has 4 nitrogen and oxygen atoms in total. The van der Waals surface area contributed by atoms with E-state index in [1.807, 2.05) is 6.92 Å². The zero-order chi connectivity index (χ0) is 9.40. The monoisotopic (exact) mass is 173 g/mol. The van der Waals surface area contributed by atoms with E-state index < -0.39 is 0 Å². The maximum atomic E-state index is 10.8. The first kappa shape index (κ1) is 11.1. The highest BCUT2D eigenvalue weighted by Gasteiger charge is 2.00. The number of esters is 1. The summed E-state index contributed by atoms with van der Waals surface area (Å²) in [5, 5.41) is 0. The SMILES string of the molecule is C=C(C)C(=O)OCCNOCC. The van der Waals surface area contributed by atoms with Gasteiger partial charge in [-0.05, 0) is 13.8 Å². The Morgan fingerprint density at radius 3 is 2.75 bits per heavy atom. The highest BCUT2D eigenvalue weighted by Crippen LogP contribution is 1.90. The van der Waals surface area contributed by atoms with Crippen molar-refractivity contribution in [1.29, 1.82) is 0 Å². The standard InChI is InChI=1S/C8H15NO3/c1-4-12-9-5-6-11-8(10)7(2)3/h9H,2,4-6H2,1,3H3. The number of ether oxygens (including phenoxy) is 1. The highest BCUT2D eigenvalue weighted by atomic mass is 16.6. The molecule has 0 saturated heterocycles. The van der Waals surface area contributed by atoms with E-state index in [0.717, 1.165) is 0 Å². The predicted molar refractivity (Wildman–Crippen MR) is 45.4 cm³/mol. The first-order valence-corrected chi connectivity index (χ1v) is 3.85. The summed E-state index contributed by atoms with van der Waals surface area (Å²) in [6.45, 7) is 8.30. The lowest BCUT2D eigenvalue weighted by Crippen LogP contribution is -2.21. The van der Waals surface area contributed by atoms with Crippen molar-refractivity contribution in [1.82, 2.24) is 5.48 Å². The van der Waals surface area contributed by atoms with Gasteiger partial charge < -0.3 is 9.57 Å². The number of carbonyl (C=O) groups is 1. The lowest BCUT2D eigenvalue weighted by molar-refractivity contribution is -0.139. The molecule has 0 aromatic heterocycles. The minimum absolute atomic E-state index is 0.297. The number of hydroxylamine groups is 1. The number of hydrogen-bond acceptors (Lipinski definition) is 4. The van der Waals surface area contributed by atoms with Crippen LogP contribution in [0.2, 0.25) is 0 Å². The molecule has 0 saturated carbocycles. The fraction of sp³-hybridized carbons (Fsp3) is 0.625. The van der Waals surface area contributed by atoms with Gasteiger partial charge in [0.2, 0.25) is 0 Å². The minimum atomic E-state index is -0.367. The van der Waals surface area contributed by atoms with E-state index in [0.29, 0.717) is 25.3 Å². The third-order valence-electron chi connectivity index (χ3n) is 1.03. The molecule has 0 unspecified atom stereocenters. The average Bonchev–Trinajstić information content (AvgIpc) is 2.03.